The minimum absolute atomic E-state index is 0.487. The Hall–Kier alpha value is -2.13. The van der Waals surface area contributed by atoms with Crippen LogP contribution in [-0.4, -0.2) is 14.7 Å². The summed E-state index contributed by atoms with van der Waals surface area (Å²) in [5.74, 6) is 0. The van der Waals surface area contributed by atoms with E-state index in [4.69, 9.17) is 0 Å². The van der Waals surface area contributed by atoms with Crippen molar-refractivity contribution in [1.82, 2.24) is 9.55 Å². The van der Waals surface area contributed by atoms with Gasteiger partial charge in [0.2, 0.25) is 0 Å². The number of hydrogen-bond acceptors (Lipinski definition) is 2. The summed E-state index contributed by atoms with van der Waals surface area (Å²) in [6, 6.07) is 12.2. The normalized spacial score (nSPS) is 12.8. The lowest BCUT2D eigenvalue weighted by Gasteiger charge is -2.08. The molecule has 0 amide bonds. The standard InChI is InChI=1S/C16H16N2O/c1-11-3-5-13(6-4-11)18-10-8-15-14(12(2)19)7-9-17-16(15)18/h3-10,12,19H,1-2H3. The van der Waals surface area contributed by atoms with Gasteiger partial charge in [0.1, 0.15) is 5.65 Å². The first-order valence-electron chi connectivity index (χ1n) is 6.38. The summed E-state index contributed by atoms with van der Waals surface area (Å²) < 4.78 is 2.04. The Morgan fingerprint density at radius 3 is 2.53 bits per heavy atom. The highest BCUT2D eigenvalue weighted by Crippen LogP contribution is 2.25. The van der Waals surface area contributed by atoms with Crippen molar-refractivity contribution in [2.45, 2.75) is 20.0 Å². The molecule has 0 saturated carbocycles. The molecule has 0 aliphatic carbocycles. The van der Waals surface area contributed by atoms with E-state index >= 15 is 0 Å². The van der Waals surface area contributed by atoms with Gasteiger partial charge in [-0.1, -0.05) is 17.7 Å². The average Bonchev–Trinajstić information content (AvgIpc) is 2.83. The summed E-state index contributed by atoms with van der Waals surface area (Å²) in [5, 5.41) is 10.8. The van der Waals surface area contributed by atoms with Gasteiger partial charge in [-0.25, -0.2) is 4.98 Å². The van der Waals surface area contributed by atoms with Crippen LogP contribution < -0.4 is 0 Å². The van der Waals surface area contributed by atoms with Crippen LogP contribution in [0.3, 0.4) is 0 Å². The van der Waals surface area contributed by atoms with Gasteiger partial charge in [0.15, 0.2) is 0 Å². The van der Waals surface area contributed by atoms with Crippen LogP contribution in [-0.2, 0) is 0 Å². The predicted molar refractivity (Wildman–Crippen MR) is 76.4 cm³/mol. The largest absolute Gasteiger partial charge is 0.389 e. The molecule has 96 valence electrons. The van der Waals surface area contributed by atoms with E-state index in [1.807, 2.05) is 22.9 Å². The third-order valence-electron chi connectivity index (χ3n) is 3.38. The van der Waals surface area contributed by atoms with Crippen LogP contribution in [0.4, 0.5) is 0 Å². The number of benzene rings is 1. The maximum atomic E-state index is 9.80. The first-order valence-corrected chi connectivity index (χ1v) is 6.38. The first kappa shape index (κ1) is 11.9. The number of rotatable bonds is 2. The van der Waals surface area contributed by atoms with Crippen molar-refractivity contribution in [3.8, 4) is 5.69 Å². The molecule has 1 aromatic carbocycles. The summed E-state index contributed by atoms with van der Waals surface area (Å²) in [5.41, 5.74) is 4.10. The second kappa shape index (κ2) is 4.52. The highest BCUT2D eigenvalue weighted by molar-refractivity contribution is 5.82. The Labute approximate surface area is 112 Å². The highest BCUT2D eigenvalue weighted by atomic mass is 16.3. The van der Waals surface area contributed by atoms with Crippen molar-refractivity contribution in [2.24, 2.45) is 0 Å². The molecule has 0 saturated heterocycles. The topological polar surface area (TPSA) is 38.0 Å². The van der Waals surface area contributed by atoms with E-state index in [2.05, 4.69) is 36.2 Å². The van der Waals surface area contributed by atoms with Gasteiger partial charge >= 0.3 is 0 Å². The number of nitrogens with zero attached hydrogens (tertiary/aromatic N) is 2. The molecule has 0 bridgehead atoms. The SMILES string of the molecule is Cc1ccc(-n2ccc3c(C(C)O)ccnc32)cc1. The lowest BCUT2D eigenvalue weighted by Crippen LogP contribution is -1.96. The third-order valence-corrected chi connectivity index (χ3v) is 3.38. The Morgan fingerprint density at radius 1 is 1.11 bits per heavy atom. The molecule has 3 aromatic rings. The second-order valence-corrected chi connectivity index (χ2v) is 4.83. The molecule has 3 heteroatoms. The molecular formula is C16H16N2O. The van der Waals surface area contributed by atoms with Crippen molar-refractivity contribution in [2.75, 3.05) is 0 Å². The quantitative estimate of drug-likeness (QED) is 0.759. The second-order valence-electron chi connectivity index (χ2n) is 4.83. The molecule has 0 aliphatic rings. The minimum atomic E-state index is -0.487. The van der Waals surface area contributed by atoms with Gasteiger partial charge in [-0.05, 0) is 43.7 Å². The van der Waals surface area contributed by atoms with E-state index in [1.165, 1.54) is 5.56 Å². The molecule has 19 heavy (non-hydrogen) atoms. The van der Waals surface area contributed by atoms with Crippen molar-refractivity contribution in [1.29, 1.82) is 0 Å². The molecule has 0 spiro atoms. The van der Waals surface area contributed by atoms with Crippen molar-refractivity contribution < 1.29 is 5.11 Å². The molecule has 3 rings (SSSR count). The lowest BCUT2D eigenvalue weighted by molar-refractivity contribution is 0.201. The third kappa shape index (κ3) is 2.02. The molecule has 0 fully saturated rings. The Kier molecular flexibility index (Phi) is 2.84. The average molecular weight is 252 g/mol. The Morgan fingerprint density at radius 2 is 1.84 bits per heavy atom. The monoisotopic (exact) mass is 252 g/mol. The van der Waals surface area contributed by atoms with Gasteiger partial charge < -0.3 is 9.67 Å². The predicted octanol–water partition coefficient (Wildman–Crippen LogP) is 3.39. The van der Waals surface area contributed by atoms with Crippen molar-refractivity contribution in [3.05, 3.63) is 59.9 Å². The van der Waals surface area contributed by atoms with Gasteiger partial charge in [-0.3, -0.25) is 0 Å². The number of aliphatic hydroxyl groups excluding tert-OH is 1. The van der Waals surface area contributed by atoms with Crippen LogP contribution in [0.5, 0.6) is 0 Å². The number of aliphatic hydroxyl groups is 1. The fourth-order valence-electron chi connectivity index (χ4n) is 2.34. The van der Waals surface area contributed by atoms with Crippen LogP contribution in [0.25, 0.3) is 16.7 Å². The molecule has 0 aliphatic heterocycles. The molecule has 1 atom stereocenters. The number of aromatic nitrogens is 2. The maximum absolute atomic E-state index is 9.80. The van der Waals surface area contributed by atoms with Crippen LogP contribution in [0.15, 0.2) is 48.8 Å². The fraction of sp³-hybridized carbons (Fsp3) is 0.188. The number of fused-ring (bicyclic) bond motifs is 1. The van der Waals surface area contributed by atoms with Gasteiger partial charge in [-0.2, -0.15) is 0 Å². The van der Waals surface area contributed by atoms with E-state index in [0.717, 1.165) is 22.3 Å². The molecule has 0 radical (unpaired) electrons. The summed E-state index contributed by atoms with van der Waals surface area (Å²) in [6.45, 7) is 3.85. The van der Waals surface area contributed by atoms with Gasteiger partial charge in [-0.15, -0.1) is 0 Å². The summed E-state index contributed by atoms with van der Waals surface area (Å²) >= 11 is 0. The summed E-state index contributed by atoms with van der Waals surface area (Å²) in [4.78, 5) is 4.43. The molecule has 2 heterocycles. The Bertz CT molecular complexity index is 711. The van der Waals surface area contributed by atoms with Crippen LogP contribution in [0, 0.1) is 6.92 Å². The number of pyridine rings is 1. The summed E-state index contributed by atoms with van der Waals surface area (Å²) in [6.07, 6.45) is 3.25. The van der Waals surface area contributed by atoms with Gasteiger partial charge in [0.25, 0.3) is 0 Å². The van der Waals surface area contributed by atoms with Gasteiger partial charge in [0, 0.05) is 23.5 Å². The molecule has 3 nitrogen and oxygen atoms in total. The molecular weight excluding hydrogens is 236 g/mol. The maximum Gasteiger partial charge on any atom is 0.144 e. The lowest BCUT2D eigenvalue weighted by atomic mass is 10.1. The Balaban J connectivity index is 2.21. The zero-order chi connectivity index (χ0) is 13.4. The van der Waals surface area contributed by atoms with E-state index in [-0.39, 0.29) is 0 Å². The molecule has 1 N–H and O–H groups in total. The van der Waals surface area contributed by atoms with Crippen molar-refractivity contribution in [3.63, 3.8) is 0 Å². The minimum Gasteiger partial charge on any atom is -0.389 e. The smallest absolute Gasteiger partial charge is 0.144 e. The number of aryl methyl sites for hydroxylation is 1. The molecule has 1 unspecified atom stereocenters. The van der Waals surface area contributed by atoms with E-state index in [9.17, 15) is 5.11 Å². The van der Waals surface area contributed by atoms with E-state index in [1.54, 1.807) is 13.1 Å². The first-order chi connectivity index (χ1) is 9.16. The fourth-order valence-corrected chi connectivity index (χ4v) is 2.34. The zero-order valence-electron chi connectivity index (χ0n) is 11.0. The molecule has 2 aromatic heterocycles. The van der Waals surface area contributed by atoms with E-state index < -0.39 is 6.10 Å². The zero-order valence-corrected chi connectivity index (χ0v) is 11.0. The van der Waals surface area contributed by atoms with Gasteiger partial charge in [0.05, 0.1) is 6.10 Å². The summed E-state index contributed by atoms with van der Waals surface area (Å²) in [7, 11) is 0. The van der Waals surface area contributed by atoms with E-state index in [0.29, 0.717) is 0 Å². The van der Waals surface area contributed by atoms with Crippen molar-refractivity contribution >= 4 is 11.0 Å². The van der Waals surface area contributed by atoms with Crippen LogP contribution >= 0.6 is 0 Å². The van der Waals surface area contributed by atoms with Crippen LogP contribution in [0.1, 0.15) is 24.2 Å². The number of hydrogen-bond donors (Lipinski definition) is 1. The van der Waals surface area contributed by atoms with Crippen LogP contribution in [0.2, 0.25) is 0 Å². The highest BCUT2D eigenvalue weighted by Gasteiger charge is 2.11.